The Morgan fingerprint density at radius 2 is 2.07 bits per heavy atom. The van der Waals surface area contributed by atoms with Gasteiger partial charge in [-0.2, -0.15) is 0 Å². The molecule has 5 heteroatoms. The minimum Gasteiger partial charge on any atom is -0.311 e. The van der Waals surface area contributed by atoms with Crippen molar-refractivity contribution in [3.63, 3.8) is 0 Å². The van der Waals surface area contributed by atoms with Crippen molar-refractivity contribution in [1.82, 2.24) is 9.80 Å². The number of urea groups is 1. The van der Waals surface area contributed by atoms with Crippen LogP contribution in [0.2, 0.25) is 0 Å². The third-order valence-corrected chi connectivity index (χ3v) is 2.25. The second kappa shape index (κ2) is 3.96. The zero-order valence-electron chi connectivity index (χ0n) is 8.86. The lowest BCUT2D eigenvalue weighted by Crippen LogP contribution is -2.59. The number of nitrogens with two attached hydrogens (primary N) is 1. The summed E-state index contributed by atoms with van der Waals surface area (Å²) < 4.78 is 0. The van der Waals surface area contributed by atoms with Crippen LogP contribution in [0.5, 0.6) is 0 Å². The van der Waals surface area contributed by atoms with E-state index in [0.29, 0.717) is 12.5 Å². The van der Waals surface area contributed by atoms with E-state index in [0.717, 1.165) is 4.90 Å². The lowest BCUT2D eigenvalue weighted by molar-refractivity contribution is -0.131. The van der Waals surface area contributed by atoms with Gasteiger partial charge in [0, 0.05) is 13.6 Å². The summed E-state index contributed by atoms with van der Waals surface area (Å²) in [5, 5.41) is 0. The molecule has 5 nitrogen and oxygen atoms in total. The Labute approximate surface area is 83.8 Å². The van der Waals surface area contributed by atoms with Crippen molar-refractivity contribution < 1.29 is 9.59 Å². The predicted octanol–water partition coefficient (Wildman–Crippen LogP) is 0.211. The van der Waals surface area contributed by atoms with Crippen LogP contribution in [0.25, 0.3) is 0 Å². The molecule has 0 aromatic carbocycles. The van der Waals surface area contributed by atoms with Crippen molar-refractivity contribution in [3.05, 3.63) is 0 Å². The highest BCUT2D eigenvalue weighted by molar-refractivity contribution is 5.96. The molecule has 1 rings (SSSR count). The topological polar surface area (TPSA) is 66.6 Å². The van der Waals surface area contributed by atoms with E-state index in [2.05, 4.69) is 0 Å². The molecule has 3 amide bonds. The van der Waals surface area contributed by atoms with Crippen molar-refractivity contribution in [1.29, 1.82) is 0 Å². The summed E-state index contributed by atoms with van der Waals surface area (Å²) in [7, 11) is 1.49. The molecule has 0 spiro atoms. The first kappa shape index (κ1) is 11.0. The van der Waals surface area contributed by atoms with Crippen molar-refractivity contribution >= 4 is 11.9 Å². The highest BCUT2D eigenvalue weighted by Crippen LogP contribution is 2.14. The first-order valence-corrected chi connectivity index (χ1v) is 4.76. The largest absolute Gasteiger partial charge is 0.327 e. The van der Waals surface area contributed by atoms with E-state index >= 15 is 0 Å². The molecule has 14 heavy (non-hydrogen) atoms. The van der Waals surface area contributed by atoms with Gasteiger partial charge in [0.05, 0.1) is 12.6 Å². The first-order chi connectivity index (χ1) is 6.43. The smallest absolute Gasteiger partial charge is 0.311 e. The fraction of sp³-hybridized carbons (Fsp3) is 0.778. The van der Waals surface area contributed by atoms with Crippen LogP contribution in [-0.2, 0) is 4.79 Å². The van der Waals surface area contributed by atoms with E-state index in [-0.39, 0.29) is 18.4 Å². The maximum absolute atomic E-state index is 11.6. The molecule has 0 bridgehead atoms. The maximum atomic E-state index is 11.6. The number of nitrogens with zero attached hydrogens (tertiary/aromatic N) is 2. The van der Waals surface area contributed by atoms with E-state index in [1.807, 2.05) is 13.8 Å². The second-order valence-corrected chi connectivity index (χ2v) is 4.05. The summed E-state index contributed by atoms with van der Waals surface area (Å²) >= 11 is 0. The first-order valence-electron chi connectivity index (χ1n) is 4.76. The van der Waals surface area contributed by atoms with E-state index in [9.17, 15) is 9.59 Å². The van der Waals surface area contributed by atoms with Gasteiger partial charge in [-0.15, -0.1) is 0 Å². The molecule has 1 fully saturated rings. The summed E-state index contributed by atoms with van der Waals surface area (Å²) in [4.78, 5) is 25.6. The van der Waals surface area contributed by atoms with Crippen LogP contribution in [-0.4, -0.2) is 41.5 Å². The Kier molecular flexibility index (Phi) is 3.10. The molecule has 1 heterocycles. The molecule has 0 saturated carbocycles. The number of rotatable bonds is 2. The molecule has 1 unspecified atom stereocenters. The van der Waals surface area contributed by atoms with Crippen LogP contribution in [0.15, 0.2) is 0 Å². The van der Waals surface area contributed by atoms with E-state index in [4.69, 9.17) is 5.73 Å². The zero-order valence-corrected chi connectivity index (χ0v) is 8.86. The molecule has 80 valence electrons. The third kappa shape index (κ3) is 2.04. The Morgan fingerprint density at radius 1 is 1.50 bits per heavy atom. The molecule has 1 saturated heterocycles. The number of carbonyl (C=O) groups is 2. The number of carbonyl (C=O) groups excluding carboxylic acids is 2. The molecule has 1 atom stereocenters. The highest BCUT2D eigenvalue weighted by atomic mass is 16.2. The maximum Gasteiger partial charge on any atom is 0.327 e. The third-order valence-electron chi connectivity index (χ3n) is 2.25. The summed E-state index contributed by atoms with van der Waals surface area (Å²) in [6, 6.07) is -0.289. The Hall–Kier alpha value is -1.10. The highest BCUT2D eigenvalue weighted by Gasteiger charge is 2.34. The van der Waals surface area contributed by atoms with E-state index < -0.39 is 6.17 Å². The van der Waals surface area contributed by atoms with Crippen LogP contribution < -0.4 is 5.73 Å². The lowest BCUT2D eigenvalue weighted by atomic mass is 10.1. The number of amides is 3. The number of hydrogen-bond acceptors (Lipinski definition) is 3. The minimum absolute atomic E-state index is 0.206. The average Bonchev–Trinajstić information content (AvgIpc) is 2.09. The van der Waals surface area contributed by atoms with Gasteiger partial charge in [0.1, 0.15) is 0 Å². The SMILES string of the molecule is CC(C)CN1C(=O)N(C)C(=O)CC1N. The van der Waals surface area contributed by atoms with E-state index in [1.165, 1.54) is 7.05 Å². The predicted molar refractivity (Wildman–Crippen MR) is 52.3 cm³/mol. The van der Waals surface area contributed by atoms with Gasteiger partial charge in [-0.1, -0.05) is 13.8 Å². The monoisotopic (exact) mass is 199 g/mol. The molecule has 1 aliphatic rings. The molecule has 0 aliphatic carbocycles. The normalized spacial score (nSPS) is 23.6. The standard InChI is InChI=1S/C9H17N3O2/c1-6(2)5-12-7(10)4-8(13)11(3)9(12)14/h6-7H,4-5,10H2,1-3H3. The summed E-state index contributed by atoms with van der Waals surface area (Å²) in [6.45, 7) is 4.62. The van der Waals surface area contributed by atoms with Crippen LogP contribution in [0.3, 0.4) is 0 Å². The lowest BCUT2D eigenvalue weighted by Gasteiger charge is -2.37. The summed E-state index contributed by atoms with van der Waals surface area (Å²) in [6.07, 6.45) is -0.247. The van der Waals surface area contributed by atoms with Crippen molar-refractivity contribution in [3.8, 4) is 0 Å². The quantitative estimate of drug-likeness (QED) is 0.691. The zero-order chi connectivity index (χ0) is 10.9. The Morgan fingerprint density at radius 3 is 2.57 bits per heavy atom. The molecule has 0 radical (unpaired) electrons. The summed E-state index contributed by atoms with van der Waals surface area (Å²) in [5.74, 6) is 0.147. The van der Waals surface area contributed by atoms with Gasteiger partial charge in [0.15, 0.2) is 0 Å². The van der Waals surface area contributed by atoms with E-state index in [1.54, 1.807) is 4.90 Å². The molecule has 0 aromatic heterocycles. The van der Waals surface area contributed by atoms with Gasteiger partial charge in [-0.25, -0.2) is 4.79 Å². The Bertz CT molecular complexity index is 252. The van der Waals surface area contributed by atoms with Crippen LogP contribution >= 0.6 is 0 Å². The van der Waals surface area contributed by atoms with Crippen molar-refractivity contribution in [2.24, 2.45) is 11.7 Å². The Balaban J connectivity index is 2.74. The fourth-order valence-electron chi connectivity index (χ4n) is 1.47. The molecular weight excluding hydrogens is 182 g/mol. The van der Waals surface area contributed by atoms with Crippen LogP contribution in [0.4, 0.5) is 4.79 Å². The average molecular weight is 199 g/mol. The van der Waals surface area contributed by atoms with Crippen molar-refractivity contribution in [2.45, 2.75) is 26.4 Å². The number of hydrogen-bond donors (Lipinski definition) is 1. The second-order valence-electron chi connectivity index (χ2n) is 4.05. The minimum atomic E-state index is -0.464. The fourth-order valence-corrected chi connectivity index (χ4v) is 1.47. The van der Waals surface area contributed by atoms with Gasteiger partial charge < -0.3 is 10.6 Å². The van der Waals surface area contributed by atoms with Crippen LogP contribution in [0.1, 0.15) is 20.3 Å². The van der Waals surface area contributed by atoms with Gasteiger partial charge >= 0.3 is 6.03 Å². The van der Waals surface area contributed by atoms with Gasteiger partial charge in [0.2, 0.25) is 5.91 Å². The molecule has 1 aliphatic heterocycles. The molecular formula is C9H17N3O2. The van der Waals surface area contributed by atoms with Gasteiger partial charge in [-0.05, 0) is 5.92 Å². The molecule has 0 aromatic rings. The van der Waals surface area contributed by atoms with Crippen LogP contribution in [0, 0.1) is 5.92 Å². The van der Waals surface area contributed by atoms with Crippen molar-refractivity contribution in [2.75, 3.05) is 13.6 Å². The van der Waals surface area contributed by atoms with Gasteiger partial charge in [-0.3, -0.25) is 9.69 Å². The van der Waals surface area contributed by atoms with Gasteiger partial charge in [0.25, 0.3) is 0 Å². The number of imide groups is 1. The molecule has 2 N–H and O–H groups in total. The summed E-state index contributed by atoms with van der Waals surface area (Å²) in [5.41, 5.74) is 5.73.